The molecule has 0 bridgehead atoms. The smallest absolute Gasteiger partial charge is 0.120 e. The zero-order valence-corrected chi connectivity index (χ0v) is 9.86. The third-order valence-electron chi connectivity index (χ3n) is 2.88. The first-order valence-corrected chi connectivity index (χ1v) is 5.80. The summed E-state index contributed by atoms with van der Waals surface area (Å²) in [5, 5.41) is 13.6. The summed E-state index contributed by atoms with van der Waals surface area (Å²) in [6, 6.07) is 7.76. The molecular formula is C13H19NO2. The molecule has 1 unspecified atom stereocenters. The van der Waals surface area contributed by atoms with E-state index in [-0.39, 0.29) is 6.10 Å². The molecule has 1 heterocycles. The molecule has 1 aliphatic rings. The summed E-state index contributed by atoms with van der Waals surface area (Å²) < 4.78 is 5.63. The Labute approximate surface area is 96.4 Å². The van der Waals surface area contributed by atoms with Gasteiger partial charge < -0.3 is 15.2 Å². The largest absolute Gasteiger partial charge is 0.491 e. The van der Waals surface area contributed by atoms with Crippen LogP contribution in [0.3, 0.4) is 0 Å². The average molecular weight is 221 g/mol. The predicted molar refractivity (Wildman–Crippen MR) is 63.6 cm³/mol. The molecule has 0 radical (unpaired) electrons. The molecule has 3 heteroatoms. The van der Waals surface area contributed by atoms with Crippen molar-refractivity contribution in [3.8, 4) is 5.75 Å². The second-order valence-electron chi connectivity index (χ2n) is 4.65. The highest BCUT2D eigenvalue weighted by Gasteiger charge is 2.33. The van der Waals surface area contributed by atoms with Crippen molar-refractivity contribution in [3.05, 3.63) is 29.8 Å². The van der Waals surface area contributed by atoms with Crippen LogP contribution in [0.4, 0.5) is 0 Å². The van der Waals surface area contributed by atoms with Gasteiger partial charge in [-0.2, -0.15) is 0 Å². The standard InChI is InChI=1S/C13H19NO2/c1-10(2)16-12-5-3-4-11(8-12)13(15)6-7-14-9-13/h3-5,8,10,14-15H,6-7,9H2,1-2H3. The lowest BCUT2D eigenvalue weighted by Crippen LogP contribution is -2.28. The lowest BCUT2D eigenvalue weighted by Gasteiger charge is -2.22. The first kappa shape index (κ1) is 11.4. The average Bonchev–Trinajstić information content (AvgIpc) is 2.66. The van der Waals surface area contributed by atoms with Crippen LogP contribution in [0.25, 0.3) is 0 Å². The van der Waals surface area contributed by atoms with Gasteiger partial charge in [-0.05, 0) is 44.5 Å². The van der Waals surface area contributed by atoms with Crippen LogP contribution in [-0.4, -0.2) is 24.3 Å². The van der Waals surface area contributed by atoms with E-state index in [9.17, 15) is 5.11 Å². The molecule has 1 aromatic rings. The van der Waals surface area contributed by atoms with Gasteiger partial charge in [-0.15, -0.1) is 0 Å². The van der Waals surface area contributed by atoms with Crippen LogP contribution >= 0.6 is 0 Å². The fraction of sp³-hybridized carbons (Fsp3) is 0.538. The van der Waals surface area contributed by atoms with Gasteiger partial charge in [0.1, 0.15) is 11.4 Å². The van der Waals surface area contributed by atoms with Crippen LogP contribution in [-0.2, 0) is 5.60 Å². The van der Waals surface area contributed by atoms with E-state index in [1.165, 1.54) is 0 Å². The quantitative estimate of drug-likeness (QED) is 0.815. The minimum Gasteiger partial charge on any atom is -0.491 e. The van der Waals surface area contributed by atoms with E-state index < -0.39 is 5.60 Å². The highest BCUT2D eigenvalue weighted by atomic mass is 16.5. The van der Waals surface area contributed by atoms with E-state index in [2.05, 4.69) is 5.32 Å². The summed E-state index contributed by atoms with van der Waals surface area (Å²) in [4.78, 5) is 0. The molecule has 2 rings (SSSR count). The fourth-order valence-corrected chi connectivity index (χ4v) is 2.06. The lowest BCUT2D eigenvalue weighted by atomic mass is 9.93. The zero-order chi connectivity index (χ0) is 11.6. The maximum absolute atomic E-state index is 10.4. The monoisotopic (exact) mass is 221 g/mol. The first-order valence-electron chi connectivity index (χ1n) is 5.80. The molecule has 0 saturated carbocycles. The van der Waals surface area contributed by atoms with Gasteiger partial charge in [0.25, 0.3) is 0 Å². The van der Waals surface area contributed by atoms with Crippen molar-refractivity contribution < 1.29 is 9.84 Å². The Kier molecular flexibility index (Phi) is 3.17. The second-order valence-corrected chi connectivity index (χ2v) is 4.65. The van der Waals surface area contributed by atoms with Crippen LogP contribution in [0.15, 0.2) is 24.3 Å². The van der Waals surface area contributed by atoms with Gasteiger partial charge in [-0.25, -0.2) is 0 Å². The van der Waals surface area contributed by atoms with Crippen molar-refractivity contribution in [2.75, 3.05) is 13.1 Å². The Hall–Kier alpha value is -1.06. The molecule has 1 saturated heterocycles. The third kappa shape index (κ3) is 2.36. The summed E-state index contributed by atoms with van der Waals surface area (Å²) >= 11 is 0. The minimum atomic E-state index is -0.726. The van der Waals surface area contributed by atoms with E-state index in [1.807, 2.05) is 38.1 Å². The zero-order valence-electron chi connectivity index (χ0n) is 9.86. The van der Waals surface area contributed by atoms with Crippen LogP contribution in [0.1, 0.15) is 25.8 Å². The van der Waals surface area contributed by atoms with Gasteiger partial charge in [0.05, 0.1) is 6.10 Å². The topological polar surface area (TPSA) is 41.5 Å². The lowest BCUT2D eigenvalue weighted by molar-refractivity contribution is 0.0583. The first-order chi connectivity index (χ1) is 7.60. The van der Waals surface area contributed by atoms with Gasteiger partial charge >= 0.3 is 0 Å². The van der Waals surface area contributed by atoms with E-state index in [0.29, 0.717) is 6.54 Å². The number of nitrogens with one attached hydrogen (secondary N) is 1. The molecule has 1 aromatic carbocycles. The number of benzene rings is 1. The molecule has 0 aliphatic carbocycles. The van der Waals surface area contributed by atoms with Gasteiger partial charge in [-0.1, -0.05) is 12.1 Å². The molecule has 1 atom stereocenters. The predicted octanol–water partition coefficient (Wildman–Crippen LogP) is 1.65. The maximum atomic E-state index is 10.4. The molecule has 2 N–H and O–H groups in total. The Bertz CT molecular complexity index is 357. The molecule has 1 fully saturated rings. The summed E-state index contributed by atoms with van der Waals surface area (Å²) in [5.41, 5.74) is 0.215. The second kappa shape index (κ2) is 4.44. The van der Waals surface area contributed by atoms with Gasteiger partial charge in [-0.3, -0.25) is 0 Å². The van der Waals surface area contributed by atoms with Crippen LogP contribution < -0.4 is 10.1 Å². The normalized spacial score (nSPS) is 25.0. The molecule has 16 heavy (non-hydrogen) atoms. The number of aliphatic hydroxyl groups is 1. The minimum absolute atomic E-state index is 0.159. The van der Waals surface area contributed by atoms with Crippen molar-refractivity contribution in [3.63, 3.8) is 0 Å². The Morgan fingerprint density at radius 2 is 2.25 bits per heavy atom. The third-order valence-corrected chi connectivity index (χ3v) is 2.88. The maximum Gasteiger partial charge on any atom is 0.120 e. The van der Waals surface area contributed by atoms with Gasteiger partial charge in [0.15, 0.2) is 0 Å². The van der Waals surface area contributed by atoms with Crippen molar-refractivity contribution in [2.45, 2.75) is 32.0 Å². The van der Waals surface area contributed by atoms with E-state index in [0.717, 1.165) is 24.3 Å². The molecule has 0 amide bonds. The molecule has 0 aromatic heterocycles. The van der Waals surface area contributed by atoms with Crippen molar-refractivity contribution in [1.29, 1.82) is 0 Å². The Morgan fingerprint density at radius 1 is 1.44 bits per heavy atom. The van der Waals surface area contributed by atoms with E-state index >= 15 is 0 Å². The summed E-state index contributed by atoms with van der Waals surface area (Å²) in [6.45, 7) is 5.49. The number of β-amino-alcohol motifs (C(OH)–C–C–N with tert-alkyl or cyclic N) is 1. The van der Waals surface area contributed by atoms with Crippen LogP contribution in [0.2, 0.25) is 0 Å². The highest BCUT2D eigenvalue weighted by molar-refractivity contribution is 5.33. The summed E-state index contributed by atoms with van der Waals surface area (Å²) in [5.74, 6) is 0.827. The molecule has 3 nitrogen and oxygen atoms in total. The van der Waals surface area contributed by atoms with Gasteiger partial charge in [0.2, 0.25) is 0 Å². The summed E-state index contributed by atoms with van der Waals surface area (Å²) in [6.07, 6.45) is 0.921. The SMILES string of the molecule is CC(C)Oc1cccc(C2(O)CCNC2)c1. The number of ether oxygens (including phenoxy) is 1. The number of hydrogen-bond donors (Lipinski definition) is 2. The van der Waals surface area contributed by atoms with Crippen molar-refractivity contribution in [1.82, 2.24) is 5.32 Å². The van der Waals surface area contributed by atoms with E-state index in [4.69, 9.17) is 4.74 Å². The van der Waals surface area contributed by atoms with Crippen LogP contribution in [0.5, 0.6) is 5.75 Å². The van der Waals surface area contributed by atoms with E-state index in [1.54, 1.807) is 0 Å². The van der Waals surface area contributed by atoms with Crippen molar-refractivity contribution in [2.24, 2.45) is 0 Å². The molecule has 1 aliphatic heterocycles. The highest BCUT2D eigenvalue weighted by Crippen LogP contribution is 2.30. The van der Waals surface area contributed by atoms with Gasteiger partial charge in [0, 0.05) is 6.54 Å². The van der Waals surface area contributed by atoms with Crippen molar-refractivity contribution >= 4 is 0 Å². The summed E-state index contributed by atoms with van der Waals surface area (Å²) in [7, 11) is 0. The molecular weight excluding hydrogens is 202 g/mol. The fourth-order valence-electron chi connectivity index (χ4n) is 2.06. The Morgan fingerprint density at radius 3 is 2.88 bits per heavy atom. The molecule has 0 spiro atoms. The van der Waals surface area contributed by atoms with Crippen LogP contribution in [0, 0.1) is 0 Å². The molecule has 88 valence electrons. The number of rotatable bonds is 3. The Balaban J connectivity index is 2.21. The number of hydrogen-bond acceptors (Lipinski definition) is 3.